The second-order valence-electron chi connectivity index (χ2n) is 9.97. The highest BCUT2D eigenvalue weighted by molar-refractivity contribution is 6.14. The van der Waals surface area contributed by atoms with E-state index in [1.54, 1.807) is 0 Å². The van der Waals surface area contributed by atoms with Gasteiger partial charge in [0.2, 0.25) is 0 Å². The van der Waals surface area contributed by atoms with Crippen molar-refractivity contribution in [1.29, 1.82) is 0 Å². The fourth-order valence-electron chi connectivity index (χ4n) is 6.73. The maximum absolute atomic E-state index is 5.22. The molecule has 9 rings (SSSR count). The van der Waals surface area contributed by atoms with Crippen LogP contribution in [0.2, 0.25) is 0 Å². The molecule has 2 heterocycles. The Bertz CT molecular complexity index is 2060. The molecule has 0 saturated carbocycles. The molecular formula is C33H20N2. The summed E-state index contributed by atoms with van der Waals surface area (Å²) in [4.78, 5) is 5.22. The summed E-state index contributed by atoms with van der Waals surface area (Å²) in [5, 5.41) is 3.74. The van der Waals surface area contributed by atoms with Crippen LogP contribution in [-0.4, -0.2) is 9.38 Å². The van der Waals surface area contributed by atoms with Crippen molar-refractivity contribution in [2.24, 2.45) is 0 Å². The molecule has 0 aliphatic heterocycles. The van der Waals surface area contributed by atoms with E-state index in [1.807, 2.05) is 0 Å². The minimum Gasteiger partial charge on any atom is -0.292 e. The van der Waals surface area contributed by atoms with E-state index in [9.17, 15) is 0 Å². The Balaban J connectivity index is 1.37. The molecule has 0 radical (unpaired) electrons. The lowest BCUT2D eigenvalue weighted by Gasteiger charge is -2.09. The quantitative estimate of drug-likeness (QED) is 0.217. The van der Waals surface area contributed by atoms with E-state index in [-0.39, 0.29) is 0 Å². The molecule has 0 atom stereocenters. The molecule has 2 nitrogen and oxygen atoms in total. The Hall–Kier alpha value is -4.43. The third-order valence-electron chi connectivity index (χ3n) is 8.21. The van der Waals surface area contributed by atoms with Crippen LogP contribution in [0.3, 0.4) is 0 Å². The van der Waals surface area contributed by atoms with Gasteiger partial charge in [-0.15, -0.1) is 0 Å². The first-order valence-corrected chi connectivity index (χ1v) is 12.3. The van der Waals surface area contributed by atoms with Gasteiger partial charge in [-0.3, -0.25) is 4.40 Å². The molecule has 35 heavy (non-hydrogen) atoms. The molecule has 5 aromatic carbocycles. The van der Waals surface area contributed by atoms with E-state index < -0.39 is 0 Å². The first-order chi connectivity index (χ1) is 17.3. The fraction of sp³-hybridized carbons (Fsp3) is 0.0606. The van der Waals surface area contributed by atoms with Gasteiger partial charge in [0.15, 0.2) is 0 Å². The molecule has 0 fully saturated rings. The topological polar surface area (TPSA) is 17.3 Å². The average Bonchev–Trinajstić information content (AvgIpc) is 3.58. The van der Waals surface area contributed by atoms with Crippen molar-refractivity contribution in [3.8, 4) is 22.3 Å². The minimum absolute atomic E-state index is 0.983. The number of nitrogens with zero attached hydrogens (tertiary/aromatic N) is 2. The van der Waals surface area contributed by atoms with Crippen LogP contribution in [0.1, 0.15) is 22.3 Å². The summed E-state index contributed by atoms with van der Waals surface area (Å²) < 4.78 is 2.37. The average molecular weight is 445 g/mol. The molecule has 7 aromatic rings. The van der Waals surface area contributed by atoms with Gasteiger partial charge in [0.25, 0.3) is 0 Å². The summed E-state index contributed by atoms with van der Waals surface area (Å²) in [5.74, 6) is 0. The van der Waals surface area contributed by atoms with Gasteiger partial charge >= 0.3 is 0 Å². The number of imidazole rings is 1. The number of para-hydroxylation sites is 1. The van der Waals surface area contributed by atoms with Crippen molar-refractivity contribution < 1.29 is 0 Å². The smallest absolute Gasteiger partial charge is 0.146 e. The summed E-state index contributed by atoms with van der Waals surface area (Å²) in [7, 11) is 0. The number of fused-ring (bicyclic) bond motifs is 15. The molecule has 2 aliphatic carbocycles. The Morgan fingerprint density at radius 3 is 2.29 bits per heavy atom. The Morgan fingerprint density at radius 1 is 0.543 bits per heavy atom. The van der Waals surface area contributed by atoms with Crippen LogP contribution in [-0.2, 0) is 12.8 Å². The molecule has 0 amide bonds. The predicted octanol–water partition coefficient (Wildman–Crippen LogP) is 7.94. The van der Waals surface area contributed by atoms with Gasteiger partial charge in [-0.05, 0) is 80.9 Å². The Morgan fingerprint density at radius 2 is 1.34 bits per heavy atom. The van der Waals surface area contributed by atoms with E-state index in [1.165, 1.54) is 71.7 Å². The van der Waals surface area contributed by atoms with E-state index in [0.717, 1.165) is 24.0 Å². The van der Waals surface area contributed by atoms with Gasteiger partial charge in [0.05, 0.1) is 16.6 Å². The van der Waals surface area contributed by atoms with Crippen LogP contribution in [0.4, 0.5) is 0 Å². The lowest BCUT2D eigenvalue weighted by molar-refractivity contribution is 1.23. The largest absolute Gasteiger partial charge is 0.292 e. The normalized spacial score (nSPS) is 13.5. The van der Waals surface area contributed by atoms with Crippen LogP contribution in [0, 0.1) is 0 Å². The molecule has 0 spiro atoms. The van der Waals surface area contributed by atoms with Crippen LogP contribution in [0.15, 0.2) is 97.1 Å². The fourth-order valence-corrected chi connectivity index (χ4v) is 6.73. The zero-order valence-corrected chi connectivity index (χ0v) is 19.0. The zero-order valence-electron chi connectivity index (χ0n) is 19.0. The zero-order chi connectivity index (χ0) is 22.7. The Kier molecular flexibility index (Phi) is 3.16. The van der Waals surface area contributed by atoms with Gasteiger partial charge in [-0.2, -0.15) is 0 Å². The molecule has 2 aliphatic rings. The molecular weight excluding hydrogens is 424 g/mol. The third-order valence-corrected chi connectivity index (χ3v) is 8.21. The number of pyridine rings is 1. The summed E-state index contributed by atoms with van der Waals surface area (Å²) in [6, 6.07) is 35.7. The monoisotopic (exact) mass is 444 g/mol. The van der Waals surface area contributed by atoms with Gasteiger partial charge in [-0.25, -0.2) is 4.98 Å². The van der Waals surface area contributed by atoms with Crippen LogP contribution in [0.5, 0.6) is 0 Å². The molecule has 162 valence electrons. The molecule has 0 N–H and O–H groups in total. The van der Waals surface area contributed by atoms with E-state index in [0.29, 0.717) is 0 Å². The standard InChI is InChI=1S/C33H20N2/c1-2-8-22-19(7-1)15-20-13-14-24-27-18-29-31(17-21(27)16-28(24)32(20)22)35-30-12-6-5-10-25(30)23-9-3-4-11-26(23)33(35)34-29/h1-14,17-18H,15-16H2. The first kappa shape index (κ1) is 18.0. The van der Waals surface area contributed by atoms with Gasteiger partial charge in [0, 0.05) is 10.8 Å². The maximum Gasteiger partial charge on any atom is 0.146 e. The second-order valence-corrected chi connectivity index (χ2v) is 9.97. The molecule has 2 heteroatoms. The van der Waals surface area contributed by atoms with Gasteiger partial charge in [0.1, 0.15) is 5.65 Å². The number of aromatic nitrogens is 2. The first-order valence-electron chi connectivity index (χ1n) is 12.3. The molecule has 0 unspecified atom stereocenters. The minimum atomic E-state index is 0.983. The highest BCUT2D eigenvalue weighted by atomic mass is 15.0. The third kappa shape index (κ3) is 2.18. The van der Waals surface area contributed by atoms with Crippen molar-refractivity contribution in [3.05, 3.63) is 119 Å². The summed E-state index contributed by atoms with van der Waals surface area (Å²) in [6.45, 7) is 0. The highest BCUT2D eigenvalue weighted by Gasteiger charge is 2.29. The van der Waals surface area contributed by atoms with Crippen molar-refractivity contribution in [2.75, 3.05) is 0 Å². The van der Waals surface area contributed by atoms with Gasteiger partial charge < -0.3 is 0 Å². The predicted molar refractivity (Wildman–Crippen MR) is 144 cm³/mol. The lowest BCUT2D eigenvalue weighted by atomic mass is 9.95. The summed E-state index contributed by atoms with van der Waals surface area (Å²) in [6.07, 6.45) is 2.03. The van der Waals surface area contributed by atoms with Crippen molar-refractivity contribution >= 4 is 38.4 Å². The van der Waals surface area contributed by atoms with Gasteiger partial charge in [-0.1, -0.05) is 78.9 Å². The lowest BCUT2D eigenvalue weighted by Crippen LogP contribution is -1.91. The van der Waals surface area contributed by atoms with Crippen molar-refractivity contribution in [2.45, 2.75) is 12.8 Å². The number of hydrogen-bond acceptors (Lipinski definition) is 1. The summed E-state index contributed by atoms with van der Waals surface area (Å²) in [5.41, 5.74) is 15.9. The second kappa shape index (κ2) is 6.17. The SMILES string of the molecule is c1ccc2c(c1)Cc1ccc3c(c1-2)Cc1cc2c(cc1-3)nc1c3ccccc3c3ccccc3n21. The van der Waals surface area contributed by atoms with Crippen LogP contribution < -0.4 is 0 Å². The van der Waals surface area contributed by atoms with E-state index in [4.69, 9.17) is 4.98 Å². The van der Waals surface area contributed by atoms with E-state index >= 15 is 0 Å². The molecule has 0 bridgehead atoms. The Labute approximate surface area is 202 Å². The number of benzene rings is 5. The van der Waals surface area contributed by atoms with Crippen molar-refractivity contribution in [1.82, 2.24) is 9.38 Å². The van der Waals surface area contributed by atoms with Crippen LogP contribution in [0.25, 0.3) is 60.6 Å². The number of hydrogen-bond donors (Lipinski definition) is 0. The summed E-state index contributed by atoms with van der Waals surface area (Å²) >= 11 is 0. The van der Waals surface area contributed by atoms with Crippen molar-refractivity contribution in [3.63, 3.8) is 0 Å². The highest BCUT2D eigenvalue weighted by Crippen LogP contribution is 2.48. The molecule has 0 saturated heterocycles. The van der Waals surface area contributed by atoms with Crippen LogP contribution >= 0.6 is 0 Å². The van der Waals surface area contributed by atoms with E-state index in [2.05, 4.69) is 101 Å². The molecule has 2 aromatic heterocycles. The number of rotatable bonds is 0. The maximum atomic E-state index is 5.22.